The molecule has 5 aromatic rings. The number of carbonyl (C=O) groups is 1. The lowest BCUT2D eigenvalue weighted by Gasteiger charge is -2.08. The van der Waals surface area contributed by atoms with E-state index in [4.69, 9.17) is 0 Å². The number of amides is 1. The van der Waals surface area contributed by atoms with Crippen LogP contribution in [-0.2, 0) is 6.54 Å². The standard InChI is InChI=1S/C24H21FN8OS/c25-18-6-14(5-16(7-18)17-9-30-33(10-17)19-11-35-13-29-19)8-26-24(34)21-20-23(28-12-27-21)32-22(31-20)15-3-1-2-4-15/h5-7,9-13,15H,1-4,8H2,(H,26,34)(H,27,28,31,32). The predicted octanol–water partition coefficient (Wildman–Crippen LogP) is 4.39. The zero-order valence-corrected chi connectivity index (χ0v) is 19.4. The van der Waals surface area contributed by atoms with E-state index in [9.17, 15) is 9.18 Å². The third kappa shape index (κ3) is 4.30. The fourth-order valence-corrected chi connectivity index (χ4v) is 5.03. The lowest BCUT2D eigenvalue weighted by atomic mass is 10.1. The molecule has 2 N–H and O–H groups in total. The van der Waals surface area contributed by atoms with Crippen LogP contribution in [0.1, 0.15) is 53.5 Å². The molecule has 0 radical (unpaired) electrons. The highest BCUT2D eigenvalue weighted by Gasteiger charge is 2.23. The van der Waals surface area contributed by atoms with Crippen LogP contribution in [0.2, 0.25) is 0 Å². The van der Waals surface area contributed by atoms with E-state index < -0.39 is 5.82 Å². The van der Waals surface area contributed by atoms with E-state index in [2.05, 4.69) is 35.3 Å². The maximum Gasteiger partial charge on any atom is 0.272 e. The van der Waals surface area contributed by atoms with Crippen LogP contribution in [0.5, 0.6) is 0 Å². The van der Waals surface area contributed by atoms with Crippen LogP contribution in [0.15, 0.2) is 47.8 Å². The van der Waals surface area contributed by atoms with E-state index >= 15 is 0 Å². The Kier molecular flexibility index (Phi) is 5.53. The summed E-state index contributed by atoms with van der Waals surface area (Å²) in [6.07, 6.45) is 9.33. The van der Waals surface area contributed by atoms with Gasteiger partial charge in [-0.1, -0.05) is 12.8 Å². The van der Waals surface area contributed by atoms with Gasteiger partial charge in [0.2, 0.25) is 0 Å². The second kappa shape index (κ2) is 8.99. The molecule has 11 heteroatoms. The third-order valence-electron chi connectivity index (χ3n) is 6.24. The number of aromatic nitrogens is 7. The van der Waals surface area contributed by atoms with Gasteiger partial charge in [-0.2, -0.15) is 5.10 Å². The van der Waals surface area contributed by atoms with Crippen molar-refractivity contribution in [3.05, 3.63) is 70.7 Å². The number of rotatable bonds is 6. The summed E-state index contributed by atoms with van der Waals surface area (Å²) in [7, 11) is 0. The normalized spacial score (nSPS) is 14.1. The summed E-state index contributed by atoms with van der Waals surface area (Å²) < 4.78 is 16.1. The van der Waals surface area contributed by atoms with Gasteiger partial charge >= 0.3 is 0 Å². The van der Waals surface area contributed by atoms with Crippen LogP contribution in [0.25, 0.3) is 28.1 Å². The van der Waals surface area contributed by atoms with E-state index in [-0.39, 0.29) is 18.1 Å². The molecule has 4 heterocycles. The summed E-state index contributed by atoms with van der Waals surface area (Å²) in [6.45, 7) is 0.138. The summed E-state index contributed by atoms with van der Waals surface area (Å²) in [6, 6.07) is 4.67. The molecule has 0 spiro atoms. The first-order valence-corrected chi connectivity index (χ1v) is 12.3. The van der Waals surface area contributed by atoms with Crippen LogP contribution in [-0.4, -0.2) is 40.6 Å². The Hall–Kier alpha value is -3.99. The van der Waals surface area contributed by atoms with E-state index in [1.54, 1.807) is 22.6 Å². The molecule has 1 aromatic carbocycles. The zero-order valence-electron chi connectivity index (χ0n) is 18.6. The van der Waals surface area contributed by atoms with Crippen molar-refractivity contribution in [1.82, 2.24) is 40.0 Å². The van der Waals surface area contributed by atoms with Crippen molar-refractivity contribution < 1.29 is 9.18 Å². The highest BCUT2D eigenvalue weighted by atomic mass is 32.1. The molecule has 0 atom stereocenters. The first kappa shape index (κ1) is 21.5. The minimum Gasteiger partial charge on any atom is -0.347 e. The van der Waals surface area contributed by atoms with E-state index in [1.165, 1.54) is 42.6 Å². The fourth-order valence-electron chi connectivity index (χ4n) is 4.51. The quantitative estimate of drug-likeness (QED) is 0.366. The number of nitrogens with one attached hydrogen (secondary N) is 2. The maximum atomic E-state index is 14.4. The van der Waals surface area contributed by atoms with E-state index in [0.717, 1.165) is 24.2 Å². The van der Waals surface area contributed by atoms with Gasteiger partial charge in [0.1, 0.15) is 23.5 Å². The summed E-state index contributed by atoms with van der Waals surface area (Å²) >= 11 is 1.47. The molecule has 0 bridgehead atoms. The molecular formula is C24H21FN8OS. The Morgan fingerprint density at radius 2 is 2.06 bits per heavy atom. The predicted molar refractivity (Wildman–Crippen MR) is 129 cm³/mol. The van der Waals surface area contributed by atoms with E-state index in [0.29, 0.717) is 34.0 Å². The molecule has 1 aliphatic rings. The molecule has 0 aliphatic heterocycles. The van der Waals surface area contributed by atoms with Gasteiger partial charge in [-0.15, -0.1) is 11.3 Å². The van der Waals surface area contributed by atoms with Gasteiger partial charge in [0, 0.05) is 29.6 Å². The van der Waals surface area contributed by atoms with Crippen molar-refractivity contribution in [1.29, 1.82) is 0 Å². The molecule has 0 unspecified atom stereocenters. The Morgan fingerprint density at radius 1 is 1.17 bits per heavy atom. The fraction of sp³-hybridized carbons (Fsp3) is 0.250. The second-order valence-corrected chi connectivity index (χ2v) is 9.29. The number of hydrogen-bond donors (Lipinski definition) is 2. The number of halogens is 1. The van der Waals surface area contributed by atoms with Gasteiger partial charge in [-0.25, -0.2) is 29.0 Å². The van der Waals surface area contributed by atoms with Gasteiger partial charge in [0.25, 0.3) is 5.91 Å². The van der Waals surface area contributed by atoms with Crippen molar-refractivity contribution in [2.45, 2.75) is 38.1 Å². The van der Waals surface area contributed by atoms with Gasteiger partial charge in [0.15, 0.2) is 17.2 Å². The van der Waals surface area contributed by atoms with Crippen molar-refractivity contribution in [3.8, 4) is 16.9 Å². The average molecular weight is 489 g/mol. The number of H-pyrrole nitrogens is 1. The number of benzene rings is 1. The molecule has 176 valence electrons. The molecule has 4 aromatic heterocycles. The minimum atomic E-state index is -0.396. The number of fused-ring (bicyclic) bond motifs is 1. The maximum absolute atomic E-state index is 14.4. The van der Waals surface area contributed by atoms with Crippen LogP contribution < -0.4 is 5.32 Å². The molecular weight excluding hydrogens is 467 g/mol. The Balaban J connectivity index is 1.21. The molecule has 1 aliphatic carbocycles. The number of hydrogen-bond acceptors (Lipinski definition) is 7. The molecule has 1 amide bonds. The van der Waals surface area contributed by atoms with Crippen LogP contribution in [0.3, 0.4) is 0 Å². The third-order valence-corrected chi connectivity index (χ3v) is 6.82. The Labute approximate surface area is 203 Å². The van der Waals surface area contributed by atoms with Crippen molar-refractivity contribution in [2.75, 3.05) is 0 Å². The number of nitrogens with zero attached hydrogens (tertiary/aromatic N) is 6. The molecule has 9 nitrogen and oxygen atoms in total. The highest BCUT2D eigenvalue weighted by molar-refractivity contribution is 7.07. The molecule has 1 fully saturated rings. The Bertz CT molecular complexity index is 1500. The monoisotopic (exact) mass is 488 g/mol. The second-order valence-electron chi connectivity index (χ2n) is 8.58. The summed E-state index contributed by atoms with van der Waals surface area (Å²) in [5.41, 5.74) is 5.00. The van der Waals surface area contributed by atoms with Crippen molar-refractivity contribution >= 4 is 28.4 Å². The minimum absolute atomic E-state index is 0.138. The Morgan fingerprint density at radius 3 is 2.89 bits per heavy atom. The number of thiazole rings is 1. The summed E-state index contributed by atoms with van der Waals surface area (Å²) in [5, 5.41) is 9.04. The lowest BCUT2D eigenvalue weighted by molar-refractivity contribution is 0.0947. The highest BCUT2D eigenvalue weighted by Crippen LogP contribution is 2.33. The first-order valence-electron chi connectivity index (χ1n) is 11.4. The number of aromatic amines is 1. The zero-order chi connectivity index (χ0) is 23.8. The van der Waals surface area contributed by atoms with Gasteiger partial charge in [-0.3, -0.25) is 4.79 Å². The van der Waals surface area contributed by atoms with Crippen molar-refractivity contribution in [3.63, 3.8) is 0 Å². The largest absolute Gasteiger partial charge is 0.347 e. The van der Waals surface area contributed by atoms with Crippen LogP contribution >= 0.6 is 11.3 Å². The van der Waals surface area contributed by atoms with Gasteiger partial charge in [-0.05, 0) is 42.2 Å². The van der Waals surface area contributed by atoms with Crippen LogP contribution in [0.4, 0.5) is 4.39 Å². The van der Waals surface area contributed by atoms with Crippen molar-refractivity contribution in [2.24, 2.45) is 0 Å². The SMILES string of the molecule is O=C(NCc1cc(F)cc(-c2cnn(-c3cscn3)c2)c1)c1ncnc2nc(C3CCCC3)[nH]c12. The molecule has 0 saturated heterocycles. The molecule has 35 heavy (non-hydrogen) atoms. The topological polar surface area (TPSA) is 114 Å². The van der Waals surface area contributed by atoms with Gasteiger partial charge in [0.05, 0.1) is 11.7 Å². The summed E-state index contributed by atoms with van der Waals surface area (Å²) in [5.74, 6) is 1.16. The first-order chi connectivity index (χ1) is 17.1. The number of carbonyl (C=O) groups excluding carboxylic acids is 1. The van der Waals surface area contributed by atoms with Gasteiger partial charge < -0.3 is 10.3 Å². The van der Waals surface area contributed by atoms with E-state index in [1.807, 2.05) is 11.4 Å². The summed E-state index contributed by atoms with van der Waals surface area (Å²) in [4.78, 5) is 33.5. The smallest absolute Gasteiger partial charge is 0.272 e. The molecule has 6 rings (SSSR count). The van der Waals surface area contributed by atoms with Crippen LogP contribution in [0, 0.1) is 5.82 Å². The number of imidazole rings is 1. The average Bonchev–Trinajstić information content (AvgIpc) is 3.68. The lowest BCUT2D eigenvalue weighted by Crippen LogP contribution is -2.24. The molecule has 1 saturated carbocycles.